The fourth-order valence-electron chi connectivity index (χ4n) is 2.72. The molecule has 122 valence electrons. The zero-order valence-electron chi connectivity index (χ0n) is 13.3. The van der Waals surface area contributed by atoms with Gasteiger partial charge in [-0.2, -0.15) is 4.98 Å². The normalized spacial score (nSPS) is 19.5. The smallest absolute Gasteiger partial charge is 0.227 e. The number of hydrogen-bond acceptors (Lipinski definition) is 6. The van der Waals surface area contributed by atoms with Crippen LogP contribution in [0, 0.1) is 0 Å². The molecule has 1 saturated heterocycles. The van der Waals surface area contributed by atoms with Crippen molar-refractivity contribution in [1.29, 1.82) is 0 Å². The van der Waals surface area contributed by atoms with Gasteiger partial charge in [0.15, 0.2) is 9.84 Å². The van der Waals surface area contributed by atoms with E-state index in [-0.39, 0.29) is 17.5 Å². The molecule has 0 amide bonds. The molecule has 3 rings (SSSR count). The van der Waals surface area contributed by atoms with E-state index in [2.05, 4.69) is 9.97 Å². The van der Waals surface area contributed by atoms with Crippen LogP contribution >= 0.6 is 0 Å². The van der Waals surface area contributed by atoms with Crippen molar-refractivity contribution >= 4 is 27.3 Å². The number of hydrogen-bond donors (Lipinski definition) is 0. The Labute approximate surface area is 136 Å². The van der Waals surface area contributed by atoms with E-state index in [1.807, 2.05) is 60.3 Å². The summed E-state index contributed by atoms with van der Waals surface area (Å²) in [6.07, 6.45) is 2.33. The highest BCUT2D eigenvalue weighted by Gasteiger charge is 2.31. The van der Waals surface area contributed by atoms with Crippen LogP contribution in [0.15, 0.2) is 42.6 Å². The number of nitrogens with zero attached hydrogens (tertiary/aromatic N) is 4. The Hall–Kier alpha value is -2.15. The van der Waals surface area contributed by atoms with Gasteiger partial charge in [0.2, 0.25) is 5.95 Å². The van der Waals surface area contributed by atoms with Crippen LogP contribution < -0.4 is 9.80 Å². The Morgan fingerprint density at radius 1 is 1.13 bits per heavy atom. The molecular formula is C16H20N4O2S. The monoisotopic (exact) mass is 332 g/mol. The van der Waals surface area contributed by atoms with Crippen LogP contribution in [0.4, 0.5) is 17.5 Å². The molecule has 1 atom stereocenters. The number of anilines is 3. The maximum absolute atomic E-state index is 11.7. The third kappa shape index (κ3) is 3.44. The molecule has 1 aromatic heterocycles. The molecule has 6 nitrogen and oxygen atoms in total. The van der Waals surface area contributed by atoms with E-state index in [1.54, 1.807) is 6.20 Å². The predicted molar refractivity (Wildman–Crippen MR) is 92.0 cm³/mol. The Bertz CT molecular complexity index is 780. The van der Waals surface area contributed by atoms with Crippen LogP contribution in [-0.2, 0) is 9.84 Å². The number of sulfone groups is 1. The zero-order chi connectivity index (χ0) is 16.4. The summed E-state index contributed by atoms with van der Waals surface area (Å²) in [7, 11) is 0.875. The third-order valence-electron chi connectivity index (χ3n) is 4.19. The van der Waals surface area contributed by atoms with Gasteiger partial charge in [0.05, 0.1) is 11.5 Å². The van der Waals surface area contributed by atoms with Crippen molar-refractivity contribution in [3.63, 3.8) is 0 Å². The van der Waals surface area contributed by atoms with Gasteiger partial charge in [-0.25, -0.2) is 13.4 Å². The van der Waals surface area contributed by atoms with E-state index in [4.69, 9.17) is 0 Å². The first kappa shape index (κ1) is 15.7. The molecule has 0 spiro atoms. The van der Waals surface area contributed by atoms with E-state index in [0.29, 0.717) is 12.4 Å². The quantitative estimate of drug-likeness (QED) is 0.851. The first-order valence-corrected chi connectivity index (χ1v) is 9.33. The Balaban J connectivity index is 1.83. The lowest BCUT2D eigenvalue weighted by molar-refractivity contribution is 0.600. The summed E-state index contributed by atoms with van der Waals surface area (Å²) in [6, 6.07) is 11.7. The van der Waals surface area contributed by atoms with Gasteiger partial charge in [-0.3, -0.25) is 0 Å². The van der Waals surface area contributed by atoms with Crippen LogP contribution in [0.3, 0.4) is 0 Å². The highest BCUT2D eigenvalue weighted by atomic mass is 32.2. The Morgan fingerprint density at radius 2 is 1.87 bits per heavy atom. The molecule has 1 unspecified atom stereocenters. The minimum Gasteiger partial charge on any atom is -0.340 e. The van der Waals surface area contributed by atoms with Gasteiger partial charge in [0.25, 0.3) is 0 Å². The molecule has 0 bridgehead atoms. The van der Waals surface area contributed by atoms with E-state index in [0.717, 1.165) is 11.5 Å². The summed E-state index contributed by atoms with van der Waals surface area (Å²) in [5.74, 6) is 1.73. The summed E-state index contributed by atoms with van der Waals surface area (Å²) >= 11 is 0. The number of rotatable bonds is 4. The van der Waals surface area contributed by atoms with Gasteiger partial charge in [0.1, 0.15) is 5.82 Å². The predicted octanol–water partition coefficient (Wildman–Crippen LogP) is 1.87. The number of para-hydroxylation sites is 1. The molecule has 0 radical (unpaired) electrons. The first-order valence-electron chi connectivity index (χ1n) is 7.51. The van der Waals surface area contributed by atoms with Gasteiger partial charge in [-0.1, -0.05) is 18.2 Å². The summed E-state index contributed by atoms with van der Waals surface area (Å²) in [5, 5.41) is 0. The molecular weight excluding hydrogens is 312 g/mol. The van der Waals surface area contributed by atoms with Crippen LogP contribution in [0.2, 0.25) is 0 Å². The molecule has 1 fully saturated rings. The van der Waals surface area contributed by atoms with E-state index >= 15 is 0 Å². The molecule has 1 aliphatic rings. The molecule has 7 heteroatoms. The standard InChI is InChI=1S/C16H20N4O2S/c1-19(13-6-4-3-5-7-13)15-8-10-17-16(18-15)20(2)14-9-11-23(21,22)12-14/h3-8,10,14H,9,11-12H2,1-2H3. The summed E-state index contributed by atoms with van der Waals surface area (Å²) in [6.45, 7) is 0. The average Bonchev–Trinajstić information content (AvgIpc) is 2.94. The van der Waals surface area contributed by atoms with Gasteiger partial charge in [-0.05, 0) is 24.6 Å². The van der Waals surface area contributed by atoms with Gasteiger partial charge in [-0.15, -0.1) is 0 Å². The van der Waals surface area contributed by atoms with Gasteiger partial charge in [0, 0.05) is 32.0 Å². The summed E-state index contributed by atoms with van der Waals surface area (Å²) < 4.78 is 23.3. The lowest BCUT2D eigenvalue weighted by atomic mass is 10.2. The third-order valence-corrected chi connectivity index (χ3v) is 5.94. The fraction of sp³-hybridized carbons (Fsp3) is 0.375. The van der Waals surface area contributed by atoms with Crippen molar-refractivity contribution in [2.45, 2.75) is 12.5 Å². The minimum absolute atomic E-state index is 0.0581. The van der Waals surface area contributed by atoms with Crippen molar-refractivity contribution in [3.8, 4) is 0 Å². The topological polar surface area (TPSA) is 66.4 Å². The first-order chi connectivity index (χ1) is 11.0. The second-order valence-electron chi connectivity index (χ2n) is 5.78. The molecule has 1 aliphatic heterocycles. The zero-order valence-corrected chi connectivity index (χ0v) is 14.1. The molecule has 23 heavy (non-hydrogen) atoms. The van der Waals surface area contributed by atoms with Gasteiger partial charge < -0.3 is 9.80 Å². The van der Waals surface area contributed by atoms with Crippen molar-refractivity contribution < 1.29 is 8.42 Å². The van der Waals surface area contributed by atoms with E-state index in [1.165, 1.54) is 0 Å². The Morgan fingerprint density at radius 3 is 2.52 bits per heavy atom. The van der Waals surface area contributed by atoms with E-state index in [9.17, 15) is 8.42 Å². The lowest BCUT2D eigenvalue weighted by Crippen LogP contribution is -2.34. The van der Waals surface area contributed by atoms with Crippen LogP contribution in [0.5, 0.6) is 0 Å². The maximum Gasteiger partial charge on any atom is 0.227 e. The Kier molecular flexibility index (Phi) is 4.21. The number of benzene rings is 1. The average molecular weight is 332 g/mol. The summed E-state index contributed by atoms with van der Waals surface area (Å²) in [5.41, 5.74) is 1.03. The molecule has 1 aromatic carbocycles. The maximum atomic E-state index is 11.7. The second kappa shape index (κ2) is 6.16. The van der Waals surface area contributed by atoms with Crippen molar-refractivity contribution in [3.05, 3.63) is 42.6 Å². The largest absolute Gasteiger partial charge is 0.340 e. The molecule has 0 N–H and O–H groups in total. The fourth-order valence-corrected chi connectivity index (χ4v) is 4.50. The number of aromatic nitrogens is 2. The second-order valence-corrected chi connectivity index (χ2v) is 8.01. The van der Waals surface area contributed by atoms with Crippen LogP contribution in [0.25, 0.3) is 0 Å². The van der Waals surface area contributed by atoms with Crippen LogP contribution in [-0.4, -0.2) is 50.0 Å². The summed E-state index contributed by atoms with van der Waals surface area (Å²) in [4.78, 5) is 12.7. The highest BCUT2D eigenvalue weighted by Crippen LogP contribution is 2.24. The molecule has 2 aromatic rings. The molecule has 0 aliphatic carbocycles. The lowest BCUT2D eigenvalue weighted by Gasteiger charge is -2.25. The molecule has 0 saturated carbocycles. The minimum atomic E-state index is -2.93. The van der Waals surface area contributed by atoms with E-state index < -0.39 is 9.84 Å². The van der Waals surface area contributed by atoms with Crippen molar-refractivity contribution in [2.75, 3.05) is 35.4 Å². The van der Waals surface area contributed by atoms with Gasteiger partial charge >= 0.3 is 0 Å². The molecule has 2 heterocycles. The van der Waals surface area contributed by atoms with Crippen LogP contribution in [0.1, 0.15) is 6.42 Å². The highest BCUT2D eigenvalue weighted by molar-refractivity contribution is 7.91. The van der Waals surface area contributed by atoms with Crippen molar-refractivity contribution in [1.82, 2.24) is 9.97 Å². The van der Waals surface area contributed by atoms with Crippen molar-refractivity contribution in [2.24, 2.45) is 0 Å². The SMILES string of the molecule is CN(c1ccccc1)c1ccnc(N(C)C2CCS(=O)(=O)C2)n1.